The van der Waals surface area contributed by atoms with Crippen molar-refractivity contribution in [2.45, 2.75) is 38.1 Å². The molecular weight excluding hydrogens is 450 g/mol. The maximum atomic E-state index is 13.2. The number of carbonyl (C=O) groups excluding carboxylic acids is 2. The van der Waals surface area contributed by atoms with Crippen LogP contribution in [0.2, 0.25) is 0 Å². The minimum absolute atomic E-state index is 0.0161. The number of hydrogen-bond acceptors (Lipinski definition) is 4. The Balaban J connectivity index is 1.92. The van der Waals surface area contributed by atoms with E-state index in [-0.39, 0.29) is 28.1 Å². The van der Waals surface area contributed by atoms with Crippen LogP contribution in [0.3, 0.4) is 0 Å². The topological polar surface area (TPSA) is 95.6 Å². The van der Waals surface area contributed by atoms with Crippen LogP contribution in [0, 0.1) is 6.92 Å². The minimum atomic E-state index is -3.89. The lowest BCUT2D eigenvalue weighted by molar-refractivity contribution is 0.0940. The van der Waals surface area contributed by atoms with Gasteiger partial charge in [-0.3, -0.25) is 13.9 Å². The predicted molar refractivity (Wildman–Crippen MR) is 135 cm³/mol. The van der Waals surface area contributed by atoms with Crippen LogP contribution < -0.4 is 14.9 Å². The van der Waals surface area contributed by atoms with Crippen LogP contribution in [0.25, 0.3) is 0 Å². The van der Waals surface area contributed by atoms with E-state index in [4.69, 9.17) is 0 Å². The van der Waals surface area contributed by atoms with Gasteiger partial charge in [-0.05, 0) is 56.7 Å². The van der Waals surface area contributed by atoms with Crippen molar-refractivity contribution in [1.82, 2.24) is 5.32 Å². The molecule has 3 aromatic carbocycles. The first-order valence-electron chi connectivity index (χ1n) is 11.0. The van der Waals surface area contributed by atoms with Crippen molar-refractivity contribution in [3.05, 3.63) is 89.5 Å². The Bertz CT molecular complexity index is 1290. The van der Waals surface area contributed by atoms with Crippen LogP contribution in [-0.2, 0) is 10.0 Å². The molecule has 0 unspecified atom stereocenters. The van der Waals surface area contributed by atoms with Crippen LogP contribution in [0.1, 0.15) is 46.5 Å². The number of anilines is 2. The number of nitrogens with one attached hydrogen (secondary N) is 2. The average molecular weight is 480 g/mol. The van der Waals surface area contributed by atoms with E-state index in [1.54, 1.807) is 60.7 Å². The van der Waals surface area contributed by atoms with Crippen molar-refractivity contribution < 1.29 is 18.0 Å². The molecule has 0 saturated carbocycles. The first-order chi connectivity index (χ1) is 16.1. The highest BCUT2D eigenvalue weighted by Crippen LogP contribution is 2.27. The molecule has 0 bridgehead atoms. The molecule has 0 aromatic heterocycles. The summed E-state index contributed by atoms with van der Waals surface area (Å²) < 4.78 is 27.5. The Morgan fingerprint density at radius 2 is 1.47 bits per heavy atom. The van der Waals surface area contributed by atoms with E-state index in [9.17, 15) is 18.0 Å². The largest absolute Gasteiger partial charge is 0.350 e. The molecule has 1 atom stereocenters. The molecule has 3 aromatic rings. The Morgan fingerprint density at radius 3 is 2.12 bits per heavy atom. The van der Waals surface area contributed by atoms with Gasteiger partial charge in [0.15, 0.2) is 0 Å². The molecule has 0 aliphatic rings. The molecule has 2 amide bonds. The fourth-order valence-electron chi connectivity index (χ4n) is 3.32. The smallest absolute Gasteiger partial charge is 0.264 e. The van der Waals surface area contributed by atoms with Crippen molar-refractivity contribution in [2.75, 3.05) is 16.7 Å². The van der Waals surface area contributed by atoms with Gasteiger partial charge in [0.05, 0.1) is 27.4 Å². The highest BCUT2D eigenvalue weighted by atomic mass is 32.2. The second kappa shape index (κ2) is 10.5. The van der Waals surface area contributed by atoms with Gasteiger partial charge in [0.25, 0.3) is 21.8 Å². The molecule has 3 rings (SSSR count). The number of carbonyl (C=O) groups is 2. The zero-order valence-corrected chi connectivity index (χ0v) is 20.5. The van der Waals surface area contributed by atoms with E-state index >= 15 is 0 Å². The van der Waals surface area contributed by atoms with Gasteiger partial charge in [-0.25, -0.2) is 8.42 Å². The van der Waals surface area contributed by atoms with Crippen molar-refractivity contribution in [2.24, 2.45) is 0 Å². The second-order valence-electron chi connectivity index (χ2n) is 8.09. The monoisotopic (exact) mass is 479 g/mol. The fraction of sp³-hybridized carbons (Fsp3) is 0.231. The van der Waals surface area contributed by atoms with Crippen molar-refractivity contribution in [3.8, 4) is 0 Å². The van der Waals surface area contributed by atoms with Gasteiger partial charge in [-0.15, -0.1) is 0 Å². The number of rotatable bonds is 8. The number of nitrogens with zero attached hydrogens (tertiary/aromatic N) is 1. The summed E-state index contributed by atoms with van der Waals surface area (Å²) in [6, 6.07) is 19.7. The minimum Gasteiger partial charge on any atom is -0.350 e. The zero-order valence-electron chi connectivity index (χ0n) is 19.7. The SMILES string of the molecule is CC[C@H](C)NC(=O)c1ccccc1NC(=O)c1ccccc1N(C)S(=O)(=O)c1ccc(C)cc1. The van der Waals surface area contributed by atoms with Crippen LogP contribution in [0.15, 0.2) is 77.7 Å². The Hall–Kier alpha value is -3.65. The van der Waals surface area contributed by atoms with Crippen molar-refractivity contribution >= 4 is 33.2 Å². The highest BCUT2D eigenvalue weighted by Gasteiger charge is 2.25. The quantitative estimate of drug-likeness (QED) is 0.494. The Labute approximate surface area is 200 Å². The molecule has 0 fully saturated rings. The summed E-state index contributed by atoms with van der Waals surface area (Å²) in [6.07, 6.45) is 0.773. The van der Waals surface area contributed by atoms with E-state index in [1.807, 2.05) is 20.8 Å². The lowest BCUT2D eigenvalue weighted by Gasteiger charge is -2.22. The number of para-hydroxylation sites is 2. The van der Waals surface area contributed by atoms with E-state index in [2.05, 4.69) is 10.6 Å². The molecular formula is C26H29N3O4S. The summed E-state index contributed by atoms with van der Waals surface area (Å²) in [7, 11) is -2.47. The molecule has 0 aliphatic carbocycles. The molecule has 0 heterocycles. The molecule has 8 heteroatoms. The maximum Gasteiger partial charge on any atom is 0.264 e. The summed E-state index contributed by atoms with van der Waals surface area (Å²) in [5.74, 6) is -0.817. The zero-order chi connectivity index (χ0) is 24.9. The number of amides is 2. The third kappa shape index (κ3) is 5.46. The number of aryl methyl sites for hydroxylation is 1. The molecule has 0 aliphatic heterocycles. The normalized spacial score (nSPS) is 12.0. The lowest BCUT2D eigenvalue weighted by atomic mass is 10.1. The lowest BCUT2D eigenvalue weighted by Crippen LogP contribution is -2.33. The van der Waals surface area contributed by atoms with Gasteiger partial charge >= 0.3 is 0 Å². The van der Waals surface area contributed by atoms with Crippen molar-refractivity contribution in [1.29, 1.82) is 0 Å². The van der Waals surface area contributed by atoms with E-state index in [1.165, 1.54) is 19.2 Å². The summed E-state index contributed by atoms with van der Waals surface area (Å²) >= 11 is 0. The second-order valence-corrected chi connectivity index (χ2v) is 10.1. The molecule has 178 valence electrons. The summed E-state index contributed by atoms with van der Waals surface area (Å²) in [5, 5.41) is 5.66. The van der Waals surface area contributed by atoms with Crippen LogP contribution in [-0.4, -0.2) is 33.3 Å². The molecule has 0 saturated heterocycles. The Morgan fingerprint density at radius 1 is 0.882 bits per heavy atom. The van der Waals surface area contributed by atoms with E-state index in [0.29, 0.717) is 11.3 Å². The number of hydrogen-bond donors (Lipinski definition) is 2. The summed E-state index contributed by atoms with van der Waals surface area (Å²) in [5.41, 5.74) is 2.00. The molecule has 7 nitrogen and oxygen atoms in total. The van der Waals surface area contributed by atoms with Crippen molar-refractivity contribution in [3.63, 3.8) is 0 Å². The van der Waals surface area contributed by atoms with E-state index < -0.39 is 15.9 Å². The van der Waals surface area contributed by atoms with Gasteiger partial charge in [0.2, 0.25) is 0 Å². The average Bonchev–Trinajstić information content (AvgIpc) is 2.84. The Kier molecular flexibility index (Phi) is 7.73. The molecule has 0 radical (unpaired) electrons. The third-order valence-corrected chi connectivity index (χ3v) is 7.36. The molecule has 34 heavy (non-hydrogen) atoms. The van der Waals surface area contributed by atoms with Crippen LogP contribution >= 0.6 is 0 Å². The molecule has 0 spiro atoms. The highest BCUT2D eigenvalue weighted by molar-refractivity contribution is 7.92. The first-order valence-corrected chi connectivity index (χ1v) is 12.4. The van der Waals surface area contributed by atoms with E-state index in [0.717, 1.165) is 16.3 Å². The number of sulfonamides is 1. The van der Waals surface area contributed by atoms with Crippen LogP contribution in [0.4, 0.5) is 11.4 Å². The van der Waals surface area contributed by atoms with Gasteiger partial charge < -0.3 is 10.6 Å². The third-order valence-electron chi connectivity index (χ3n) is 5.58. The standard InChI is InChI=1S/C26H29N3O4S/c1-5-19(3)27-25(30)21-10-6-8-12-23(21)28-26(31)22-11-7-9-13-24(22)29(4)34(32,33)20-16-14-18(2)15-17-20/h6-17,19H,5H2,1-4H3,(H,27,30)(H,28,31)/t19-/m0/s1. The fourth-order valence-corrected chi connectivity index (χ4v) is 4.54. The summed E-state index contributed by atoms with van der Waals surface area (Å²) in [4.78, 5) is 26.1. The van der Waals surface area contributed by atoms with Gasteiger partial charge in [-0.1, -0.05) is 48.9 Å². The summed E-state index contributed by atoms with van der Waals surface area (Å²) in [6.45, 7) is 5.75. The predicted octanol–water partition coefficient (Wildman–Crippen LogP) is 4.60. The maximum absolute atomic E-state index is 13.2. The van der Waals surface area contributed by atoms with Gasteiger partial charge in [0, 0.05) is 13.1 Å². The van der Waals surface area contributed by atoms with Gasteiger partial charge in [0.1, 0.15) is 0 Å². The molecule has 2 N–H and O–H groups in total. The van der Waals surface area contributed by atoms with Crippen LogP contribution in [0.5, 0.6) is 0 Å². The number of benzene rings is 3. The first kappa shape index (κ1) is 25.0. The van der Waals surface area contributed by atoms with Gasteiger partial charge in [-0.2, -0.15) is 0 Å².